The maximum atomic E-state index is 11.6. The van der Waals surface area contributed by atoms with E-state index in [2.05, 4.69) is 11.9 Å². The van der Waals surface area contributed by atoms with Crippen LogP contribution in [0.15, 0.2) is 29.1 Å². The normalized spacial score (nSPS) is 10.8. The number of benzene rings is 1. The first kappa shape index (κ1) is 13.3. The van der Waals surface area contributed by atoms with Crippen LogP contribution in [0.4, 0.5) is 5.69 Å². The van der Waals surface area contributed by atoms with Crippen LogP contribution in [0.1, 0.15) is 31.7 Å². The Kier molecular flexibility index (Phi) is 3.94. The van der Waals surface area contributed by atoms with Gasteiger partial charge in [0.15, 0.2) is 0 Å². The van der Waals surface area contributed by atoms with Crippen molar-refractivity contribution in [1.29, 1.82) is 0 Å². The van der Waals surface area contributed by atoms with Gasteiger partial charge < -0.3 is 4.98 Å². The molecule has 0 amide bonds. The van der Waals surface area contributed by atoms with Gasteiger partial charge in [-0.1, -0.05) is 19.8 Å². The maximum absolute atomic E-state index is 11.6. The van der Waals surface area contributed by atoms with Crippen LogP contribution in [-0.4, -0.2) is 9.91 Å². The summed E-state index contributed by atoms with van der Waals surface area (Å²) in [6.07, 6.45) is 3.94. The van der Waals surface area contributed by atoms with E-state index in [4.69, 9.17) is 0 Å². The zero-order chi connectivity index (χ0) is 13.8. The van der Waals surface area contributed by atoms with E-state index in [0.717, 1.165) is 36.6 Å². The highest BCUT2D eigenvalue weighted by Crippen LogP contribution is 2.22. The number of non-ortho nitro benzene ring substituents is 1. The fraction of sp³-hybridized carbons (Fsp3) is 0.357. The lowest BCUT2D eigenvalue weighted by molar-refractivity contribution is -0.384. The van der Waals surface area contributed by atoms with Crippen molar-refractivity contribution >= 4 is 16.6 Å². The molecule has 0 aliphatic heterocycles. The number of aromatic nitrogens is 1. The van der Waals surface area contributed by atoms with Crippen LogP contribution in [0.3, 0.4) is 0 Å². The van der Waals surface area contributed by atoms with Crippen LogP contribution in [0, 0.1) is 10.1 Å². The molecule has 0 fully saturated rings. The van der Waals surface area contributed by atoms with Gasteiger partial charge in [0.25, 0.3) is 5.69 Å². The molecule has 2 rings (SSSR count). The summed E-state index contributed by atoms with van der Waals surface area (Å²) in [7, 11) is 0. The molecule has 0 saturated carbocycles. The molecule has 5 heteroatoms. The van der Waals surface area contributed by atoms with Crippen molar-refractivity contribution in [3.05, 3.63) is 50.3 Å². The average Bonchev–Trinajstić information content (AvgIpc) is 2.38. The van der Waals surface area contributed by atoms with Crippen molar-refractivity contribution < 1.29 is 4.92 Å². The first-order chi connectivity index (χ1) is 9.11. The Morgan fingerprint density at radius 1 is 1.26 bits per heavy atom. The van der Waals surface area contributed by atoms with Crippen molar-refractivity contribution in [2.45, 2.75) is 32.6 Å². The van der Waals surface area contributed by atoms with Crippen LogP contribution in [0.25, 0.3) is 10.9 Å². The van der Waals surface area contributed by atoms with E-state index in [9.17, 15) is 14.9 Å². The van der Waals surface area contributed by atoms with Crippen molar-refractivity contribution in [2.24, 2.45) is 0 Å². The van der Waals surface area contributed by atoms with Gasteiger partial charge in [-0.15, -0.1) is 0 Å². The molecular weight excluding hydrogens is 244 g/mol. The molecule has 1 aromatic carbocycles. The Morgan fingerprint density at radius 3 is 2.74 bits per heavy atom. The summed E-state index contributed by atoms with van der Waals surface area (Å²) in [6, 6.07) is 6.08. The van der Waals surface area contributed by atoms with E-state index in [-0.39, 0.29) is 11.2 Å². The fourth-order valence-electron chi connectivity index (χ4n) is 2.20. The number of hydrogen-bond acceptors (Lipinski definition) is 3. The predicted octanol–water partition coefficient (Wildman–Crippen LogP) is 3.17. The lowest BCUT2D eigenvalue weighted by Crippen LogP contribution is -2.07. The molecule has 0 bridgehead atoms. The van der Waals surface area contributed by atoms with Crippen LogP contribution < -0.4 is 5.56 Å². The number of fused-ring (bicyclic) bond motifs is 1. The third kappa shape index (κ3) is 2.99. The van der Waals surface area contributed by atoms with Gasteiger partial charge >= 0.3 is 0 Å². The van der Waals surface area contributed by atoms with Gasteiger partial charge in [-0.05, 0) is 24.5 Å². The number of nitrogens with one attached hydrogen (secondary N) is 1. The third-order valence-corrected chi connectivity index (χ3v) is 3.17. The summed E-state index contributed by atoms with van der Waals surface area (Å²) in [6.45, 7) is 2.11. The quantitative estimate of drug-likeness (QED) is 0.509. The molecule has 19 heavy (non-hydrogen) atoms. The second kappa shape index (κ2) is 5.65. The number of aromatic amines is 1. The molecule has 0 saturated heterocycles. The van der Waals surface area contributed by atoms with Crippen molar-refractivity contribution in [2.75, 3.05) is 0 Å². The van der Waals surface area contributed by atoms with E-state index in [1.807, 2.05) is 0 Å². The minimum absolute atomic E-state index is 0.0521. The van der Waals surface area contributed by atoms with Gasteiger partial charge in [-0.3, -0.25) is 14.9 Å². The minimum atomic E-state index is -0.416. The Labute approximate surface area is 110 Å². The van der Waals surface area contributed by atoms with E-state index in [1.54, 1.807) is 12.1 Å². The van der Waals surface area contributed by atoms with Crippen LogP contribution in [0.2, 0.25) is 0 Å². The van der Waals surface area contributed by atoms with E-state index in [1.165, 1.54) is 12.1 Å². The molecule has 1 N–H and O–H groups in total. The molecule has 1 aromatic heterocycles. The Morgan fingerprint density at radius 2 is 2.05 bits per heavy atom. The SMILES string of the molecule is CCCCCc1cc(=O)[nH]c2ccc([N+](=O)[O-])cc12. The van der Waals surface area contributed by atoms with E-state index in [0.29, 0.717) is 5.52 Å². The first-order valence-electron chi connectivity index (χ1n) is 6.42. The monoisotopic (exact) mass is 260 g/mol. The Hall–Kier alpha value is -2.17. The molecule has 0 atom stereocenters. The largest absolute Gasteiger partial charge is 0.322 e. The molecule has 100 valence electrons. The van der Waals surface area contributed by atoms with Gasteiger partial charge in [0.1, 0.15) is 0 Å². The Balaban J connectivity index is 2.49. The zero-order valence-electron chi connectivity index (χ0n) is 10.8. The summed E-state index contributed by atoms with van der Waals surface area (Å²) in [4.78, 5) is 24.7. The summed E-state index contributed by atoms with van der Waals surface area (Å²) in [5, 5.41) is 11.6. The zero-order valence-corrected chi connectivity index (χ0v) is 10.8. The molecule has 0 unspecified atom stereocenters. The summed E-state index contributed by atoms with van der Waals surface area (Å²) >= 11 is 0. The van der Waals surface area contributed by atoms with Crippen molar-refractivity contribution in [3.8, 4) is 0 Å². The van der Waals surface area contributed by atoms with Crippen molar-refractivity contribution in [3.63, 3.8) is 0 Å². The highest BCUT2D eigenvalue weighted by atomic mass is 16.6. The van der Waals surface area contributed by atoms with Crippen LogP contribution in [-0.2, 0) is 6.42 Å². The summed E-state index contributed by atoms with van der Waals surface area (Å²) < 4.78 is 0. The van der Waals surface area contributed by atoms with E-state index >= 15 is 0 Å². The summed E-state index contributed by atoms with van der Waals surface area (Å²) in [5.74, 6) is 0. The van der Waals surface area contributed by atoms with Gasteiger partial charge in [0.05, 0.1) is 4.92 Å². The number of H-pyrrole nitrogens is 1. The number of hydrogen-bond donors (Lipinski definition) is 1. The highest BCUT2D eigenvalue weighted by Gasteiger charge is 2.10. The second-order valence-corrected chi connectivity index (χ2v) is 4.60. The average molecular weight is 260 g/mol. The number of pyridine rings is 1. The minimum Gasteiger partial charge on any atom is -0.322 e. The lowest BCUT2D eigenvalue weighted by atomic mass is 10.0. The lowest BCUT2D eigenvalue weighted by Gasteiger charge is -2.05. The van der Waals surface area contributed by atoms with Gasteiger partial charge in [0.2, 0.25) is 5.56 Å². The molecule has 0 aliphatic rings. The number of unbranched alkanes of at least 4 members (excludes halogenated alkanes) is 2. The fourth-order valence-corrected chi connectivity index (χ4v) is 2.20. The highest BCUT2D eigenvalue weighted by molar-refractivity contribution is 5.84. The van der Waals surface area contributed by atoms with Gasteiger partial charge in [-0.25, -0.2) is 0 Å². The smallest absolute Gasteiger partial charge is 0.270 e. The van der Waals surface area contributed by atoms with Crippen molar-refractivity contribution in [1.82, 2.24) is 4.98 Å². The number of nitro groups is 1. The number of rotatable bonds is 5. The second-order valence-electron chi connectivity index (χ2n) is 4.60. The number of nitro benzene ring substituents is 1. The predicted molar refractivity (Wildman–Crippen MR) is 74.5 cm³/mol. The van der Waals surface area contributed by atoms with Gasteiger partial charge in [-0.2, -0.15) is 0 Å². The molecule has 0 aliphatic carbocycles. The molecular formula is C14H16N2O3. The molecule has 0 spiro atoms. The number of nitrogens with zero attached hydrogens (tertiary/aromatic N) is 1. The molecule has 0 radical (unpaired) electrons. The molecule has 5 nitrogen and oxygen atoms in total. The maximum Gasteiger partial charge on any atom is 0.270 e. The third-order valence-electron chi connectivity index (χ3n) is 3.17. The molecule has 2 aromatic rings. The molecule has 1 heterocycles. The topological polar surface area (TPSA) is 76.0 Å². The van der Waals surface area contributed by atoms with Crippen LogP contribution in [0.5, 0.6) is 0 Å². The van der Waals surface area contributed by atoms with Crippen LogP contribution >= 0.6 is 0 Å². The Bertz CT molecular complexity index is 661. The van der Waals surface area contributed by atoms with E-state index < -0.39 is 4.92 Å². The summed E-state index contributed by atoms with van der Waals surface area (Å²) in [5.41, 5.74) is 1.43. The number of aryl methyl sites for hydroxylation is 1. The van der Waals surface area contributed by atoms with Gasteiger partial charge in [0, 0.05) is 29.1 Å². The first-order valence-corrected chi connectivity index (χ1v) is 6.42. The standard InChI is InChI=1S/C14H16N2O3/c1-2-3-4-5-10-8-14(17)15-13-7-6-11(16(18)19)9-12(10)13/h6-9H,2-5H2,1H3,(H,15,17).